The smallest absolute Gasteiger partial charge is 0.217 e. The van der Waals surface area contributed by atoms with Crippen molar-refractivity contribution in [1.82, 2.24) is 9.80 Å². The van der Waals surface area contributed by atoms with Crippen molar-refractivity contribution < 1.29 is 5.11 Å². The normalized spacial score (nSPS) is 17.6. The number of guanidine groups is 1. The van der Waals surface area contributed by atoms with Crippen molar-refractivity contribution >= 4 is 17.7 Å². The Morgan fingerprint density at radius 3 is 2.94 bits per heavy atom. The molecule has 2 aliphatic rings. The second kappa shape index (κ2) is 3.13. The number of aliphatic imine (C=N–C) groups is 1. The van der Waals surface area contributed by atoms with Crippen molar-refractivity contribution in [2.75, 3.05) is 7.05 Å². The van der Waals surface area contributed by atoms with E-state index in [4.69, 9.17) is 0 Å². The molecule has 0 spiro atoms. The maximum absolute atomic E-state index is 9.71. The summed E-state index contributed by atoms with van der Waals surface area (Å²) in [5.74, 6) is 0.893. The van der Waals surface area contributed by atoms with Gasteiger partial charge >= 0.3 is 0 Å². The van der Waals surface area contributed by atoms with E-state index in [1.165, 1.54) is 0 Å². The molecular weight excluding hydrogens is 202 g/mol. The Bertz CT molecular complexity index is 531. The fourth-order valence-corrected chi connectivity index (χ4v) is 1.83. The highest BCUT2D eigenvalue weighted by Crippen LogP contribution is 2.27. The topological polar surface area (TPSA) is 39.1 Å². The number of rotatable bonds is 0. The van der Waals surface area contributed by atoms with Crippen LogP contribution in [0, 0.1) is 0 Å². The maximum atomic E-state index is 9.71. The fraction of sp³-hybridized carbons (Fsp3) is 0.0833. The van der Waals surface area contributed by atoms with Gasteiger partial charge in [-0.2, -0.15) is 0 Å². The van der Waals surface area contributed by atoms with Crippen LogP contribution in [0.1, 0.15) is 5.56 Å². The van der Waals surface area contributed by atoms with Crippen LogP contribution in [0.5, 0.6) is 0 Å². The lowest BCUT2D eigenvalue weighted by Gasteiger charge is -2.15. The number of benzene rings is 1. The quantitative estimate of drug-likeness (QED) is 0.718. The SMILES string of the molecule is CN1C=C(O)N2C=Cc3ccccc3N=C12. The minimum atomic E-state index is 0.185. The van der Waals surface area contributed by atoms with Crippen molar-refractivity contribution in [2.45, 2.75) is 0 Å². The van der Waals surface area contributed by atoms with Gasteiger partial charge in [0.25, 0.3) is 0 Å². The van der Waals surface area contributed by atoms with Crippen LogP contribution < -0.4 is 0 Å². The third-order valence-corrected chi connectivity index (χ3v) is 2.65. The summed E-state index contributed by atoms with van der Waals surface area (Å²) in [6.07, 6.45) is 5.40. The summed E-state index contributed by atoms with van der Waals surface area (Å²) in [7, 11) is 1.86. The van der Waals surface area contributed by atoms with Crippen LogP contribution in [0.15, 0.2) is 47.5 Å². The molecule has 80 valence electrons. The van der Waals surface area contributed by atoms with Crippen LogP contribution in [-0.4, -0.2) is 27.9 Å². The standard InChI is InChI=1S/C12H11N3O/c1-14-8-11(16)15-7-6-9-4-2-3-5-10(9)13-12(14)15/h2-8,16H,1H3. The molecule has 0 saturated heterocycles. The van der Waals surface area contributed by atoms with Gasteiger partial charge in [-0.3, -0.25) is 4.90 Å². The molecule has 0 unspecified atom stereocenters. The molecule has 16 heavy (non-hydrogen) atoms. The van der Waals surface area contributed by atoms with E-state index in [1.807, 2.05) is 43.6 Å². The zero-order chi connectivity index (χ0) is 11.1. The number of nitrogens with zero attached hydrogens (tertiary/aromatic N) is 3. The van der Waals surface area contributed by atoms with E-state index >= 15 is 0 Å². The molecule has 4 nitrogen and oxygen atoms in total. The summed E-state index contributed by atoms with van der Waals surface area (Å²) in [6.45, 7) is 0. The van der Waals surface area contributed by atoms with E-state index < -0.39 is 0 Å². The highest BCUT2D eigenvalue weighted by atomic mass is 16.3. The maximum Gasteiger partial charge on any atom is 0.217 e. The van der Waals surface area contributed by atoms with Gasteiger partial charge in [0.1, 0.15) is 0 Å². The molecule has 0 fully saturated rings. The summed E-state index contributed by atoms with van der Waals surface area (Å²) in [5.41, 5.74) is 1.96. The molecule has 1 aromatic carbocycles. The van der Waals surface area contributed by atoms with E-state index in [9.17, 15) is 5.11 Å². The largest absolute Gasteiger partial charge is 0.493 e. The van der Waals surface area contributed by atoms with Gasteiger partial charge in [-0.05, 0) is 12.1 Å². The third-order valence-electron chi connectivity index (χ3n) is 2.65. The molecule has 0 atom stereocenters. The van der Waals surface area contributed by atoms with Gasteiger partial charge in [-0.1, -0.05) is 18.2 Å². The summed E-state index contributed by atoms with van der Waals surface area (Å²) < 4.78 is 0. The second-order valence-electron chi connectivity index (χ2n) is 3.75. The zero-order valence-electron chi connectivity index (χ0n) is 8.83. The van der Waals surface area contributed by atoms with E-state index in [-0.39, 0.29) is 5.88 Å². The molecule has 0 aromatic heterocycles. The summed E-state index contributed by atoms with van der Waals surface area (Å²) in [5, 5.41) is 9.71. The average molecular weight is 213 g/mol. The minimum Gasteiger partial charge on any atom is -0.493 e. The van der Waals surface area contributed by atoms with E-state index in [0.717, 1.165) is 11.3 Å². The van der Waals surface area contributed by atoms with Crippen molar-refractivity contribution in [1.29, 1.82) is 0 Å². The number of para-hydroxylation sites is 1. The van der Waals surface area contributed by atoms with Crippen LogP contribution in [0.3, 0.4) is 0 Å². The molecule has 1 aromatic rings. The summed E-state index contributed by atoms with van der Waals surface area (Å²) in [4.78, 5) is 7.97. The first-order valence-electron chi connectivity index (χ1n) is 5.04. The molecule has 4 heteroatoms. The van der Waals surface area contributed by atoms with Crippen LogP contribution in [0.4, 0.5) is 5.69 Å². The lowest BCUT2D eigenvalue weighted by molar-refractivity contribution is 0.323. The number of aliphatic hydroxyl groups is 1. The second-order valence-corrected chi connectivity index (χ2v) is 3.75. The van der Waals surface area contributed by atoms with Crippen molar-refractivity contribution in [3.63, 3.8) is 0 Å². The first-order chi connectivity index (χ1) is 7.75. The predicted octanol–water partition coefficient (Wildman–Crippen LogP) is 2.26. The molecular formula is C12H11N3O. The van der Waals surface area contributed by atoms with E-state index in [1.54, 1.807) is 16.0 Å². The van der Waals surface area contributed by atoms with Crippen LogP contribution in [0.25, 0.3) is 6.08 Å². The van der Waals surface area contributed by atoms with Crippen molar-refractivity contribution in [3.05, 3.63) is 48.1 Å². The molecule has 0 bridgehead atoms. The molecule has 1 N–H and O–H groups in total. The van der Waals surface area contributed by atoms with Gasteiger partial charge in [0.05, 0.1) is 11.9 Å². The molecule has 2 heterocycles. The molecule has 2 aliphatic heterocycles. The Labute approximate surface area is 93.4 Å². The number of aliphatic hydroxyl groups excluding tert-OH is 1. The Hall–Kier alpha value is -2.23. The fourth-order valence-electron chi connectivity index (χ4n) is 1.83. The van der Waals surface area contributed by atoms with Gasteiger partial charge in [-0.15, -0.1) is 0 Å². The number of hydrogen-bond donors (Lipinski definition) is 1. The number of hydrogen-bond acceptors (Lipinski definition) is 4. The van der Waals surface area contributed by atoms with Crippen LogP contribution in [0.2, 0.25) is 0 Å². The van der Waals surface area contributed by atoms with Gasteiger partial charge < -0.3 is 10.0 Å². The van der Waals surface area contributed by atoms with Gasteiger partial charge in [0, 0.05) is 18.8 Å². The summed E-state index contributed by atoms with van der Waals surface area (Å²) >= 11 is 0. The Morgan fingerprint density at radius 1 is 1.25 bits per heavy atom. The third kappa shape index (κ3) is 1.20. The molecule has 0 radical (unpaired) electrons. The van der Waals surface area contributed by atoms with Crippen molar-refractivity contribution in [3.8, 4) is 0 Å². The summed E-state index contributed by atoms with van der Waals surface area (Å²) in [6, 6.07) is 7.88. The first-order valence-corrected chi connectivity index (χ1v) is 5.04. The van der Waals surface area contributed by atoms with Gasteiger partial charge in [0.15, 0.2) is 0 Å². The van der Waals surface area contributed by atoms with Crippen LogP contribution >= 0.6 is 0 Å². The predicted molar refractivity (Wildman–Crippen MR) is 62.9 cm³/mol. The van der Waals surface area contributed by atoms with Gasteiger partial charge in [0.2, 0.25) is 11.8 Å². The highest BCUT2D eigenvalue weighted by molar-refractivity contribution is 5.91. The Kier molecular flexibility index (Phi) is 1.77. The first kappa shape index (κ1) is 9.03. The lowest BCUT2D eigenvalue weighted by atomic mass is 10.2. The Balaban J connectivity index is 2.17. The van der Waals surface area contributed by atoms with Gasteiger partial charge in [-0.25, -0.2) is 4.99 Å². The molecule has 0 amide bonds. The van der Waals surface area contributed by atoms with E-state index in [2.05, 4.69) is 4.99 Å². The number of fused-ring (bicyclic) bond motifs is 2. The van der Waals surface area contributed by atoms with Crippen molar-refractivity contribution in [2.24, 2.45) is 4.99 Å². The van der Waals surface area contributed by atoms with E-state index in [0.29, 0.717) is 5.96 Å². The minimum absolute atomic E-state index is 0.185. The average Bonchev–Trinajstić information content (AvgIpc) is 2.49. The molecule has 0 saturated carbocycles. The zero-order valence-corrected chi connectivity index (χ0v) is 8.83. The lowest BCUT2D eigenvalue weighted by Crippen LogP contribution is -2.28. The molecule has 0 aliphatic carbocycles. The van der Waals surface area contributed by atoms with Crippen LogP contribution in [-0.2, 0) is 0 Å². The molecule has 3 rings (SSSR count). The monoisotopic (exact) mass is 213 g/mol. The highest BCUT2D eigenvalue weighted by Gasteiger charge is 2.25. The Morgan fingerprint density at radius 2 is 2.06 bits per heavy atom.